The molecule has 7 heteroatoms. The van der Waals surface area contributed by atoms with E-state index < -0.39 is 5.91 Å². The third-order valence-corrected chi connectivity index (χ3v) is 4.50. The fraction of sp³-hybridized carbons (Fsp3) is 0.158. The minimum absolute atomic E-state index is 0.230. The predicted molar refractivity (Wildman–Crippen MR) is 102 cm³/mol. The molecule has 134 valence electrons. The molecule has 0 saturated carbocycles. The normalized spacial score (nSPS) is 10.6. The van der Waals surface area contributed by atoms with Crippen LogP contribution in [0.15, 0.2) is 53.3 Å². The number of hydrogen-bond donors (Lipinski definition) is 1. The number of amides is 1. The lowest BCUT2D eigenvalue weighted by Crippen LogP contribution is -2.22. The zero-order valence-corrected chi connectivity index (χ0v) is 15.4. The first-order valence-electron chi connectivity index (χ1n) is 7.93. The predicted octanol–water partition coefficient (Wildman–Crippen LogP) is 3.40. The van der Waals surface area contributed by atoms with E-state index in [4.69, 9.17) is 16.3 Å². The zero-order chi connectivity index (χ0) is 18.8. The highest BCUT2D eigenvalue weighted by atomic mass is 35.5. The summed E-state index contributed by atoms with van der Waals surface area (Å²) in [7, 11) is 3.27. The SMILES string of the molecule is COc1ccc(C(=O)Nc2c(C)n(C)n(-c3ccccc3)c2=O)cc1Cl. The Bertz CT molecular complexity index is 1020. The van der Waals surface area contributed by atoms with Gasteiger partial charge in [0.1, 0.15) is 11.4 Å². The molecule has 6 nitrogen and oxygen atoms in total. The second-order valence-corrected chi connectivity index (χ2v) is 6.15. The topological polar surface area (TPSA) is 65.3 Å². The number of methoxy groups -OCH3 is 1. The Hall–Kier alpha value is -2.99. The number of ether oxygens (including phenoxy) is 1. The van der Waals surface area contributed by atoms with Gasteiger partial charge in [-0.25, -0.2) is 4.68 Å². The van der Waals surface area contributed by atoms with Crippen molar-refractivity contribution < 1.29 is 9.53 Å². The van der Waals surface area contributed by atoms with Gasteiger partial charge in [0, 0.05) is 12.6 Å². The second-order valence-electron chi connectivity index (χ2n) is 5.74. The van der Waals surface area contributed by atoms with E-state index in [2.05, 4.69) is 5.32 Å². The van der Waals surface area contributed by atoms with Crippen molar-refractivity contribution in [1.82, 2.24) is 9.36 Å². The molecule has 1 amide bonds. The van der Waals surface area contributed by atoms with Crippen LogP contribution in [0, 0.1) is 6.92 Å². The number of para-hydroxylation sites is 1. The molecule has 3 aromatic rings. The Kier molecular flexibility index (Phi) is 4.86. The average Bonchev–Trinajstić information content (AvgIpc) is 2.85. The van der Waals surface area contributed by atoms with Crippen molar-refractivity contribution in [2.24, 2.45) is 7.05 Å². The standard InChI is InChI=1S/C19H18ClN3O3/c1-12-17(19(25)23(22(12)2)14-7-5-4-6-8-14)21-18(24)13-9-10-16(26-3)15(20)11-13/h4-11H,1-3H3,(H,21,24). The summed E-state index contributed by atoms with van der Waals surface area (Å²) in [5.74, 6) is 0.0612. The summed E-state index contributed by atoms with van der Waals surface area (Å²) in [6.45, 7) is 1.78. The quantitative estimate of drug-likeness (QED) is 0.764. The number of halogens is 1. The monoisotopic (exact) mass is 371 g/mol. The molecule has 26 heavy (non-hydrogen) atoms. The highest BCUT2D eigenvalue weighted by Gasteiger charge is 2.19. The molecular weight excluding hydrogens is 354 g/mol. The van der Waals surface area contributed by atoms with E-state index in [-0.39, 0.29) is 11.2 Å². The fourth-order valence-corrected chi connectivity index (χ4v) is 2.96. The van der Waals surface area contributed by atoms with Gasteiger partial charge in [0.2, 0.25) is 0 Å². The number of hydrogen-bond acceptors (Lipinski definition) is 3. The number of carbonyl (C=O) groups is 1. The molecule has 0 fully saturated rings. The van der Waals surface area contributed by atoms with Crippen LogP contribution in [0.25, 0.3) is 5.69 Å². The van der Waals surface area contributed by atoms with Crippen molar-refractivity contribution in [2.45, 2.75) is 6.92 Å². The molecule has 0 atom stereocenters. The van der Waals surface area contributed by atoms with Gasteiger partial charge in [0.25, 0.3) is 11.5 Å². The molecule has 0 saturated heterocycles. The first-order valence-corrected chi connectivity index (χ1v) is 8.30. The van der Waals surface area contributed by atoms with Crippen molar-refractivity contribution >= 4 is 23.2 Å². The Morgan fingerprint density at radius 1 is 1.15 bits per heavy atom. The molecule has 0 spiro atoms. The summed E-state index contributed by atoms with van der Waals surface area (Å²) >= 11 is 6.07. The van der Waals surface area contributed by atoms with E-state index in [1.807, 2.05) is 30.3 Å². The van der Waals surface area contributed by atoms with E-state index in [1.165, 1.54) is 17.9 Å². The number of benzene rings is 2. The smallest absolute Gasteiger partial charge is 0.295 e. The lowest BCUT2D eigenvalue weighted by molar-refractivity contribution is 0.102. The maximum atomic E-state index is 12.8. The molecule has 0 unspecified atom stereocenters. The molecule has 1 aromatic heterocycles. The van der Waals surface area contributed by atoms with Crippen LogP contribution < -0.4 is 15.6 Å². The molecule has 2 aromatic carbocycles. The number of carbonyl (C=O) groups excluding carboxylic acids is 1. The average molecular weight is 372 g/mol. The Labute approximate surface area is 155 Å². The second kappa shape index (κ2) is 7.09. The van der Waals surface area contributed by atoms with Crippen LogP contribution in [-0.4, -0.2) is 22.4 Å². The molecule has 1 heterocycles. The largest absolute Gasteiger partial charge is 0.495 e. The van der Waals surface area contributed by atoms with Gasteiger partial charge >= 0.3 is 0 Å². The van der Waals surface area contributed by atoms with Gasteiger partial charge in [-0.3, -0.25) is 14.3 Å². The third kappa shape index (κ3) is 3.11. The summed E-state index contributed by atoms with van der Waals surface area (Å²) in [5.41, 5.74) is 1.63. The zero-order valence-electron chi connectivity index (χ0n) is 14.6. The van der Waals surface area contributed by atoms with Gasteiger partial charge in [-0.15, -0.1) is 0 Å². The Morgan fingerprint density at radius 2 is 1.85 bits per heavy atom. The van der Waals surface area contributed by atoms with Gasteiger partial charge in [-0.1, -0.05) is 29.8 Å². The maximum absolute atomic E-state index is 12.8. The minimum Gasteiger partial charge on any atom is -0.495 e. The van der Waals surface area contributed by atoms with Gasteiger partial charge in [0.15, 0.2) is 0 Å². The van der Waals surface area contributed by atoms with Gasteiger partial charge in [0.05, 0.1) is 23.5 Å². The van der Waals surface area contributed by atoms with Crippen molar-refractivity contribution in [3.8, 4) is 11.4 Å². The molecule has 3 rings (SSSR count). The number of aromatic nitrogens is 2. The summed E-state index contributed by atoms with van der Waals surface area (Å²) in [6, 6.07) is 13.9. The van der Waals surface area contributed by atoms with Crippen LogP contribution in [-0.2, 0) is 7.05 Å². The van der Waals surface area contributed by atoms with E-state index in [9.17, 15) is 9.59 Å². The van der Waals surface area contributed by atoms with Crippen LogP contribution in [0.4, 0.5) is 5.69 Å². The third-order valence-electron chi connectivity index (χ3n) is 4.21. The van der Waals surface area contributed by atoms with Crippen molar-refractivity contribution in [3.05, 3.63) is 75.2 Å². The van der Waals surface area contributed by atoms with E-state index in [1.54, 1.807) is 30.8 Å². The van der Waals surface area contributed by atoms with Crippen molar-refractivity contribution in [3.63, 3.8) is 0 Å². The number of nitrogens with one attached hydrogen (secondary N) is 1. The lowest BCUT2D eigenvalue weighted by Gasteiger charge is -2.07. The van der Waals surface area contributed by atoms with Crippen LogP contribution >= 0.6 is 11.6 Å². The van der Waals surface area contributed by atoms with Gasteiger partial charge in [-0.2, -0.15) is 0 Å². The van der Waals surface area contributed by atoms with Crippen LogP contribution in [0.3, 0.4) is 0 Å². The molecular formula is C19H18ClN3O3. The number of anilines is 1. The highest BCUT2D eigenvalue weighted by molar-refractivity contribution is 6.32. The number of nitrogens with zero attached hydrogens (tertiary/aromatic N) is 2. The van der Waals surface area contributed by atoms with Crippen LogP contribution in [0.2, 0.25) is 5.02 Å². The summed E-state index contributed by atoms with van der Waals surface area (Å²) in [6.07, 6.45) is 0. The molecule has 0 radical (unpaired) electrons. The van der Waals surface area contributed by atoms with E-state index in [0.29, 0.717) is 22.0 Å². The Morgan fingerprint density at radius 3 is 2.46 bits per heavy atom. The molecule has 0 aliphatic rings. The van der Waals surface area contributed by atoms with E-state index >= 15 is 0 Å². The molecule has 0 aliphatic carbocycles. The van der Waals surface area contributed by atoms with E-state index in [0.717, 1.165) is 5.69 Å². The van der Waals surface area contributed by atoms with Gasteiger partial charge in [-0.05, 0) is 37.3 Å². The first-order chi connectivity index (χ1) is 12.4. The summed E-state index contributed by atoms with van der Waals surface area (Å²) in [4.78, 5) is 25.4. The fourth-order valence-electron chi connectivity index (χ4n) is 2.71. The van der Waals surface area contributed by atoms with Crippen molar-refractivity contribution in [1.29, 1.82) is 0 Å². The minimum atomic E-state index is -0.416. The Balaban J connectivity index is 1.97. The van der Waals surface area contributed by atoms with Crippen molar-refractivity contribution in [2.75, 3.05) is 12.4 Å². The maximum Gasteiger partial charge on any atom is 0.295 e. The summed E-state index contributed by atoms with van der Waals surface area (Å²) in [5, 5.41) is 3.02. The van der Waals surface area contributed by atoms with Crippen LogP contribution in [0.5, 0.6) is 5.75 Å². The molecule has 1 N–H and O–H groups in total. The lowest BCUT2D eigenvalue weighted by atomic mass is 10.2. The highest BCUT2D eigenvalue weighted by Crippen LogP contribution is 2.25. The summed E-state index contributed by atoms with van der Waals surface area (Å²) < 4.78 is 8.29. The molecule has 0 aliphatic heterocycles. The van der Waals surface area contributed by atoms with Crippen LogP contribution in [0.1, 0.15) is 16.1 Å². The molecule has 0 bridgehead atoms. The first kappa shape index (κ1) is 17.8. The number of rotatable bonds is 4. The van der Waals surface area contributed by atoms with Gasteiger partial charge < -0.3 is 10.1 Å².